The SMILES string of the molecule is COc1ccc(OC)c(-c2cc(C(=O)N3CCN(CC(=O)N4CCCCC4)CC3)no2)c1. The van der Waals surface area contributed by atoms with Crippen molar-refractivity contribution in [2.75, 3.05) is 60.0 Å². The second-order valence-corrected chi connectivity index (χ2v) is 8.15. The quantitative estimate of drug-likeness (QED) is 0.677. The first-order valence-electron chi connectivity index (χ1n) is 11.1. The maximum Gasteiger partial charge on any atom is 0.276 e. The van der Waals surface area contributed by atoms with Crippen LogP contribution in [0.2, 0.25) is 0 Å². The van der Waals surface area contributed by atoms with E-state index in [0.29, 0.717) is 55.5 Å². The van der Waals surface area contributed by atoms with Gasteiger partial charge in [-0.25, -0.2) is 0 Å². The highest BCUT2D eigenvalue weighted by molar-refractivity contribution is 5.93. The number of piperidine rings is 1. The van der Waals surface area contributed by atoms with E-state index in [9.17, 15) is 9.59 Å². The molecule has 2 amide bonds. The zero-order valence-electron chi connectivity index (χ0n) is 18.7. The van der Waals surface area contributed by atoms with Crippen LogP contribution >= 0.6 is 0 Å². The van der Waals surface area contributed by atoms with Crippen LogP contribution in [0, 0.1) is 0 Å². The minimum Gasteiger partial charge on any atom is -0.497 e. The summed E-state index contributed by atoms with van der Waals surface area (Å²) in [6, 6.07) is 6.99. The molecule has 0 N–H and O–H groups in total. The van der Waals surface area contributed by atoms with Crippen LogP contribution in [0.4, 0.5) is 0 Å². The Morgan fingerprint density at radius 3 is 2.38 bits per heavy atom. The number of carbonyl (C=O) groups excluding carboxylic acids is 2. The molecule has 0 bridgehead atoms. The summed E-state index contributed by atoms with van der Waals surface area (Å²) in [6.07, 6.45) is 3.39. The Kier molecular flexibility index (Phi) is 6.94. The van der Waals surface area contributed by atoms with Crippen LogP contribution in [0.3, 0.4) is 0 Å². The average Bonchev–Trinajstić information content (AvgIpc) is 3.34. The third-order valence-electron chi connectivity index (χ3n) is 6.13. The van der Waals surface area contributed by atoms with Gasteiger partial charge in [0.15, 0.2) is 11.5 Å². The highest BCUT2D eigenvalue weighted by Gasteiger charge is 2.27. The molecule has 0 atom stereocenters. The molecule has 1 aromatic heterocycles. The molecule has 0 spiro atoms. The van der Waals surface area contributed by atoms with Crippen LogP contribution in [-0.4, -0.2) is 91.7 Å². The molecule has 172 valence electrons. The Morgan fingerprint density at radius 2 is 1.69 bits per heavy atom. The molecule has 1 aromatic carbocycles. The summed E-state index contributed by atoms with van der Waals surface area (Å²) in [5.74, 6) is 1.71. The minimum absolute atomic E-state index is 0.177. The summed E-state index contributed by atoms with van der Waals surface area (Å²) in [5.41, 5.74) is 0.919. The van der Waals surface area contributed by atoms with E-state index in [1.807, 2.05) is 4.90 Å². The van der Waals surface area contributed by atoms with Crippen LogP contribution < -0.4 is 9.47 Å². The topological polar surface area (TPSA) is 88.4 Å². The Hall–Kier alpha value is -3.07. The number of hydrogen-bond acceptors (Lipinski definition) is 7. The van der Waals surface area contributed by atoms with Crippen molar-refractivity contribution in [3.05, 3.63) is 30.0 Å². The van der Waals surface area contributed by atoms with Gasteiger partial charge in [0.1, 0.15) is 11.5 Å². The van der Waals surface area contributed by atoms with E-state index >= 15 is 0 Å². The maximum atomic E-state index is 13.0. The fourth-order valence-electron chi connectivity index (χ4n) is 4.22. The van der Waals surface area contributed by atoms with Gasteiger partial charge in [0.2, 0.25) is 5.91 Å². The van der Waals surface area contributed by atoms with Gasteiger partial charge in [-0.05, 0) is 37.5 Å². The van der Waals surface area contributed by atoms with Crippen LogP contribution in [0.5, 0.6) is 11.5 Å². The largest absolute Gasteiger partial charge is 0.497 e. The van der Waals surface area contributed by atoms with E-state index in [4.69, 9.17) is 14.0 Å². The van der Waals surface area contributed by atoms with E-state index in [1.54, 1.807) is 43.4 Å². The van der Waals surface area contributed by atoms with Crippen LogP contribution in [0.25, 0.3) is 11.3 Å². The molecule has 9 nitrogen and oxygen atoms in total. The normalized spacial score (nSPS) is 17.3. The van der Waals surface area contributed by atoms with Gasteiger partial charge >= 0.3 is 0 Å². The molecule has 2 aliphatic heterocycles. The molecule has 4 rings (SSSR count). The number of methoxy groups -OCH3 is 2. The molecular formula is C23H30N4O5. The molecule has 0 aliphatic carbocycles. The predicted octanol–water partition coefficient (Wildman–Crippen LogP) is 2.13. The van der Waals surface area contributed by atoms with Crippen molar-refractivity contribution < 1.29 is 23.6 Å². The lowest BCUT2D eigenvalue weighted by molar-refractivity contribution is -0.133. The van der Waals surface area contributed by atoms with Gasteiger partial charge < -0.3 is 23.8 Å². The Labute approximate surface area is 187 Å². The third-order valence-corrected chi connectivity index (χ3v) is 6.13. The lowest BCUT2D eigenvalue weighted by Gasteiger charge is -2.35. The molecule has 2 fully saturated rings. The van der Waals surface area contributed by atoms with Gasteiger partial charge in [0, 0.05) is 45.3 Å². The first-order valence-corrected chi connectivity index (χ1v) is 11.1. The van der Waals surface area contributed by atoms with E-state index in [-0.39, 0.29) is 17.5 Å². The Bertz CT molecular complexity index is 946. The van der Waals surface area contributed by atoms with Gasteiger partial charge in [0.05, 0.1) is 26.3 Å². The number of amides is 2. The Balaban J connectivity index is 1.35. The van der Waals surface area contributed by atoms with E-state index in [2.05, 4.69) is 10.1 Å². The molecule has 0 saturated carbocycles. The van der Waals surface area contributed by atoms with Gasteiger partial charge in [-0.2, -0.15) is 0 Å². The van der Waals surface area contributed by atoms with Gasteiger partial charge in [-0.1, -0.05) is 5.16 Å². The number of carbonyl (C=O) groups is 2. The molecule has 2 aromatic rings. The zero-order chi connectivity index (χ0) is 22.5. The monoisotopic (exact) mass is 442 g/mol. The van der Waals surface area contributed by atoms with Gasteiger partial charge in [-0.3, -0.25) is 14.5 Å². The number of likely N-dealkylation sites (tertiary alicyclic amines) is 1. The van der Waals surface area contributed by atoms with Crippen molar-refractivity contribution in [2.45, 2.75) is 19.3 Å². The molecular weight excluding hydrogens is 412 g/mol. The highest BCUT2D eigenvalue weighted by Crippen LogP contribution is 2.34. The summed E-state index contributed by atoms with van der Waals surface area (Å²) in [5, 5.41) is 3.99. The van der Waals surface area contributed by atoms with Crippen molar-refractivity contribution in [3.63, 3.8) is 0 Å². The fraction of sp³-hybridized carbons (Fsp3) is 0.522. The average molecular weight is 443 g/mol. The zero-order valence-corrected chi connectivity index (χ0v) is 18.7. The molecule has 9 heteroatoms. The summed E-state index contributed by atoms with van der Waals surface area (Å²) in [6.45, 7) is 4.59. The molecule has 2 aliphatic rings. The second-order valence-electron chi connectivity index (χ2n) is 8.15. The molecule has 0 radical (unpaired) electrons. The lowest BCUT2D eigenvalue weighted by atomic mass is 10.1. The van der Waals surface area contributed by atoms with Crippen LogP contribution in [0.1, 0.15) is 29.8 Å². The van der Waals surface area contributed by atoms with Crippen LogP contribution in [0.15, 0.2) is 28.8 Å². The number of ether oxygens (including phenoxy) is 2. The van der Waals surface area contributed by atoms with Crippen molar-refractivity contribution in [3.8, 4) is 22.8 Å². The number of hydrogen-bond donors (Lipinski definition) is 0. The molecule has 32 heavy (non-hydrogen) atoms. The first-order chi connectivity index (χ1) is 15.6. The number of aromatic nitrogens is 1. The van der Waals surface area contributed by atoms with Gasteiger partial charge in [-0.15, -0.1) is 0 Å². The molecule has 2 saturated heterocycles. The second kappa shape index (κ2) is 10.0. The number of piperazine rings is 1. The number of nitrogens with zero attached hydrogens (tertiary/aromatic N) is 4. The predicted molar refractivity (Wildman–Crippen MR) is 118 cm³/mol. The number of rotatable bonds is 6. The Morgan fingerprint density at radius 1 is 0.938 bits per heavy atom. The van der Waals surface area contributed by atoms with Gasteiger partial charge in [0.25, 0.3) is 5.91 Å². The molecule has 3 heterocycles. The first kappa shape index (κ1) is 22.1. The van der Waals surface area contributed by atoms with E-state index in [1.165, 1.54) is 6.42 Å². The van der Waals surface area contributed by atoms with E-state index in [0.717, 1.165) is 25.9 Å². The molecule has 0 unspecified atom stereocenters. The summed E-state index contributed by atoms with van der Waals surface area (Å²) < 4.78 is 16.1. The summed E-state index contributed by atoms with van der Waals surface area (Å²) in [7, 11) is 3.16. The van der Waals surface area contributed by atoms with Crippen molar-refractivity contribution in [2.24, 2.45) is 0 Å². The van der Waals surface area contributed by atoms with Crippen molar-refractivity contribution in [1.29, 1.82) is 0 Å². The fourth-order valence-corrected chi connectivity index (χ4v) is 4.22. The van der Waals surface area contributed by atoms with E-state index < -0.39 is 0 Å². The third kappa shape index (κ3) is 4.88. The lowest BCUT2D eigenvalue weighted by Crippen LogP contribution is -2.52. The van der Waals surface area contributed by atoms with Crippen molar-refractivity contribution >= 4 is 11.8 Å². The van der Waals surface area contributed by atoms with Crippen molar-refractivity contribution in [1.82, 2.24) is 19.9 Å². The highest BCUT2D eigenvalue weighted by atomic mass is 16.5. The smallest absolute Gasteiger partial charge is 0.276 e. The standard InChI is InChI=1S/C23H30N4O5/c1-30-17-6-7-20(31-2)18(14-17)21-15-19(24-32-21)23(29)27-12-10-25(11-13-27)16-22(28)26-8-4-3-5-9-26/h6-7,14-15H,3-5,8-13,16H2,1-2H3. The summed E-state index contributed by atoms with van der Waals surface area (Å²) >= 11 is 0. The maximum absolute atomic E-state index is 13.0. The minimum atomic E-state index is -0.177. The summed E-state index contributed by atoms with van der Waals surface area (Å²) in [4.78, 5) is 31.3. The van der Waals surface area contributed by atoms with Crippen LogP contribution in [-0.2, 0) is 4.79 Å². The number of benzene rings is 1.